The van der Waals surface area contributed by atoms with E-state index in [0.717, 1.165) is 44.1 Å². The van der Waals surface area contributed by atoms with Crippen molar-refractivity contribution in [2.45, 2.75) is 25.5 Å². The van der Waals surface area contributed by atoms with Gasteiger partial charge in [-0.05, 0) is 42.7 Å². The molecule has 0 unspecified atom stereocenters. The van der Waals surface area contributed by atoms with Crippen molar-refractivity contribution in [1.82, 2.24) is 9.88 Å². The molecule has 0 aliphatic carbocycles. The number of pyridine rings is 1. The predicted molar refractivity (Wildman–Crippen MR) is 101 cm³/mol. The normalized spacial score (nSPS) is 17.4. The first-order chi connectivity index (χ1) is 12.3. The lowest BCUT2D eigenvalue weighted by molar-refractivity contribution is 0.0743. The zero-order valence-electron chi connectivity index (χ0n) is 14.8. The van der Waals surface area contributed by atoms with Crippen molar-refractivity contribution in [1.29, 1.82) is 0 Å². The molecule has 0 N–H and O–H groups in total. The van der Waals surface area contributed by atoms with E-state index < -0.39 is 0 Å². The molecule has 132 valence electrons. The van der Waals surface area contributed by atoms with Gasteiger partial charge in [0.25, 0.3) is 0 Å². The van der Waals surface area contributed by atoms with E-state index in [1.165, 1.54) is 12.0 Å². The molecule has 25 heavy (non-hydrogen) atoms. The van der Waals surface area contributed by atoms with E-state index in [1.54, 1.807) is 7.11 Å². The second kappa shape index (κ2) is 9.35. The summed E-state index contributed by atoms with van der Waals surface area (Å²) in [4.78, 5) is 6.86. The quantitative estimate of drug-likeness (QED) is 0.733. The zero-order chi connectivity index (χ0) is 17.3. The number of ether oxygens (including phenoxy) is 2. The Morgan fingerprint density at radius 1 is 1.24 bits per heavy atom. The summed E-state index contributed by atoms with van der Waals surface area (Å²) >= 11 is 0. The number of aromatic nitrogens is 1. The summed E-state index contributed by atoms with van der Waals surface area (Å²) in [7, 11) is 1.69. The molecule has 0 spiro atoms. The molecule has 1 atom stereocenters. The van der Waals surface area contributed by atoms with Crippen LogP contribution in [0.2, 0.25) is 0 Å². The molecule has 0 radical (unpaired) electrons. The zero-order valence-corrected chi connectivity index (χ0v) is 14.8. The standard InChI is InChI=1S/C21H26N2O2/c1-24-20-11-9-18(10-12-20)6-4-14-23(17-21-8-5-15-25-21)16-19-7-2-3-13-22-19/h2-4,6-7,9-13,21H,5,8,14-17H2,1H3/b6-4+/t21-/m0/s1. The SMILES string of the molecule is COc1ccc(/C=C/CN(Cc2ccccn2)C[C@@H]2CCCO2)cc1. The van der Waals surface area contributed by atoms with Gasteiger partial charge in [-0.15, -0.1) is 0 Å². The first-order valence-corrected chi connectivity index (χ1v) is 8.88. The number of hydrogen-bond donors (Lipinski definition) is 0. The van der Waals surface area contributed by atoms with Gasteiger partial charge in [-0.2, -0.15) is 0 Å². The molecule has 1 aromatic carbocycles. The third-order valence-corrected chi connectivity index (χ3v) is 4.39. The topological polar surface area (TPSA) is 34.6 Å². The Balaban J connectivity index is 1.60. The molecule has 0 bridgehead atoms. The molecule has 2 aromatic rings. The van der Waals surface area contributed by atoms with Crippen LogP contribution >= 0.6 is 0 Å². The minimum absolute atomic E-state index is 0.345. The molecule has 4 nitrogen and oxygen atoms in total. The molecule has 1 aliphatic rings. The minimum atomic E-state index is 0.345. The van der Waals surface area contributed by atoms with Crippen LogP contribution in [0, 0.1) is 0 Å². The van der Waals surface area contributed by atoms with Crippen LogP contribution in [0.15, 0.2) is 54.7 Å². The highest BCUT2D eigenvalue weighted by Crippen LogP contribution is 2.15. The van der Waals surface area contributed by atoms with E-state index >= 15 is 0 Å². The van der Waals surface area contributed by atoms with Gasteiger partial charge in [0.05, 0.1) is 18.9 Å². The average molecular weight is 338 g/mol. The van der Waals surface area contributed by atoms with Gasteiger partial charge in [0.2, 0.25) is 0 Å². The van der Waals surface area contributed by atoms with Crippen LogP contribution in [-0.4, -0.2) is 42.8 Å². The lowest BCUT2D eigenvalue weighted by atomic mass is 10.2. The number of rotatable bonds is 8. The monoisotopic (exact) mass is 338 g/mol. The second-order valence-corrected chi connectivity index (χ2v) is 6.33. The van der Waals surface area contributed by atoms with Crippen molar-refractivity contribution in [3.05, 3.63) is 66.0 Å². The van der Waals surface area contributed by atoms with Crippen LogP contribution < -0.4 is 4.74 Å². The first-order valence-electron chi connectivity index (χ1n) is 8.88. The molecule has 3 rings (SSSR count). The maximum Gasteiger partial charge on any atom is 0.118 e. The van der Waals surface area contributed by atoms with E-state index in [4.69, 9.17) is 9.47 Å². The van der Waals surface area contributed by atoms with Crippen molar-refractivity contribution in [3.63, 3.8) is 0 Å². The van der Waals surface area contributed by atoms with Gasteiger partial charge in [0.15, 0.2) is 0 Å². The van der Waals surface area contributed by atoms with E-state index in [9.17, 15) is 0 Å². The van der Waals surface area contributed by atoms with Gasteiger partial charge in [-0.1, -0.05) is 30.4 Å². The van der Waals surface area contributed by atoms with Crippen molar-refractivity contribution >= 4 is 6.08 Å². The summed E-state index contributed by atoms with van der Waals surface area (Å²) in [6.07, 6.45) is 8.88. The summed E-state index contributed by atoms with van der Waals surface area (Å²) in [6.45, 7) is 3.56. The van der Waals surface area contributed by atoms with Crippen molar-refractivity contribution in [2.24, 2.45) is 0 Å². The summed E-state index contributed by atoms with van der Waals surface area (Å²) in [5.74, 6) is 0.882. The minimum Gasteiger partial charge on any atom is -0.497 e. The largest absolute Gasteiger partial charge is 0.497 e. The molecule has 0 saturated carbocycles. The van der Waals surface area contributed by atoms with Crippen LogP contribution in [0.4, 0.5) is 0 Å². The van der Waals surface area contributed by atoms with Gasteiger partial charge >= 0.3 is 0 Å². The van der Waals surface area contributed by atoms with Crippen LogP contribution in [0.25, 0.3) is 6.08 Å². The molecule has 1 saturated heterocycles. The Morgan fingerprint density at radius 2 is 2.12 bits per heavy atom. The van der Waals surface area contributed by atoms with E-state index in [2.05, 4.69) is 40.2 Å². The fourth-order valence-electron chi connectivity index (χ4n) is 3.05. The van der Waals surface area contributed by atoms with Crippen molar-refractivity contribution < 1.29 is 9.47 Å². The second-order valence-electron chi connectivity index (χ2n) is 6.33. The van der Waals surface area contributed by atoms with Gasteiger partial charge < -0.3 is 9.47 Å². The third-order valence-electron chi connectivity index (χ3n) is 4.39. The highest BCUT2D eigenvalue weighted by atomic mass is 16.5. The molecule has 1 aliphatic heterocycles. The predicted octanol–water partition coefficient (Wildman–Crippen LogP) is 3.78. The summed E-state index contributed by atoms with van der Waals surface area (Å²) in [5, 5.41) is 0. The maximum atomic E-state index is 5.81. The molecule has 4 heteroatoms. The molecular weight excluding hydrogens is 312 g/mol. The maximum absolute atomic E-state index is 5.81. The third kappa shape index (κ3) is 5.69. The number of nitrogens with zero attached hydrogens (tertiary/aromatic N) is 2. The summed E-state index contributed by atoms with van der Waals surface area (Å²) < 4.78 is 11.0. The Morgan fingerprint density at radius 3 is 2.80 bits per heavy atom. The van der Waals surface area contributed by atoms with Gasteiger partial charge in [-0.25, -0.2) is 0 Å². The van der Waals surface area contributed by atoms with Crippen LogP contribution in [-0.2, 0) is 11.3 Å². The van der Waals surface area contributed by atoms with Gasteiger partial charge in [-0.3, -0.25) is 9.88 Å². The van der Waals surface area contributed by atoms with Crippen molar-refractivity contribution in [3.8, 4) is 5.75 Å². The Kier molecular flexibility index (Phi) is 6.60. The van der Waals surface area contributed by atoms with Crippen LogP contribution in [0.5, 0.6) is 5.75 Å². The Hall–Kier alpha value is -2.17. The first kappa shape index (κ1) is 17.6. The average Bonchev–Trinajstić information content (AvgIpc) is 3.16. The fraction of sp³-hybridized carbons (Fsp3) is 0.381. The number of methoxy groups -OCH3 is 1. The highest BCUT2D eigenvalue weighted by Gasteiger charge is 2.19. The summed E-state index contributed by atoms with van der Waals surface area (Å²) in [6, 6.07) is 14.2. The highest BCUT2D eigenvalue weighted by molar-refractivity contribution is 5.50. The van der Waals surface area contributed by atoms with E-state index in [1.807, 2.05) is 30.5 Å². The van der Waals surface area contributed by atoms with Crippen LogP contribution in [0.1, 0.15) is 24.1 Å². The van der Waals surface area contributed by atoms with E-state index in [0.29, 0.717) is 6.10 Å². The van der Waals surface area contributed by atoms with Crippen LogP contribution in [0.3, 0.4) is 0 Å². The molecule has 1 aromatic heterocycles. The number of benzene rings is 1. The molecule has 0 amide bonds. The lowest BCUT2D eigenvalue weighted by Gasteiger charge is -2.23. The van der Waals surface area contributed by atoms with Gasteiger partial charge in [0.1, 0.15) is 5.75 Å². The van der Waals surface area contributed by atoms with Crippen molar-refractivity contribution in [2.75, 3.05) is 26.8 Å². The van der Waals surface area contributed by atoms with E-state index in [-0.39, 0.29) is 0 Å². The lowest BCUT2D eigenvalue weighted by Crippen LogP contribution is -2.32. The molecular formula is C21H26N2O2. The smallest absolute Gasteiger partial charge is 0.118 e. The Labute approximate surface area is 150 Å². The molecule has 1 fully saturated rings. The Bertz CT molecular complexity index is 649. The number of hydrogen-bond acceptors (Lipinski definition) is 4. The van der Waals surface area contributed by atoms with Gasteiger partial charge in [0, 0.05) is 32.4 Å². The fourth-order valence-corrected chi connectivity index (χ4v) is 3.05. The molecule has 2 heterocycles. The summed E-state index contributed by atoms with van der Waals surface area (Å²) in [5.41, 5.74) is 2.27.